The zero-order valence-electron chi connectivity index (χ0n) is 55.8. The number of halogens is 4. The summed E-state index contributed by atoms with van der Waals surface area (Å²) in [6, 6.07) is 24.3. The van der Waals surface area contributed by atoms with E-state index < -0.39 is 46.2 Å². The van der Waals surface area contributed by atoms with E-state index in [0.717, 1.165) is 90.7 Å². The Balaban J connectivity index is 0.000000183. The highest BCUT2D eigenvalue weighted by Gasteiger charge is 2.30. The molecule has 2 amide bonds. The van der Waals surface area contributed by atoms with Crippen molar-refractivity contribution in [1.82, 2.24) is 38.9 Å². The van der Waals surface area contributed by atoms with Crippen molar-refractivity contribution >= 4 is 45.0 Å². The highest BCUT2D eigenvalue weighted by molar-refractivity contribution is 6.07. The molecule has 10 aromatic rings. The minimum absolute atomic E-state index is 0.00278. The van der Waals surface area contributed by atoms with Crippen LogP contribution in [0.3, 0.4) is 0 Å². The molecule has 0 unspecified atom stereocenters. The van der Waals surface area contributed by atoms with Gasteiger partial charge in [0.2, 0.25) is 23.3 Å². The molecule has 6 aromatic carbocycles. The van der Waals surface area contributed by atoms with Gasteiger partial charge in [-0.3, -0.25) is 38.1 Å². The maximum atomic E-state index is 15.6. The molecule has 30 heteroatoms. The zero-order chi connectivity index (χ0) is 71.3. The van der Waals surface area contributed by atoms with Gasteiger partial charge in [0.15, 0.2) is 46.1 Å². The number of pyridine rings is 2. The monoisotopic (exact) mass is 1420 g/mol. The minimum Gasteiger partial charge on any atom is -0.496 e. The fraction of sp³-hybridized carbons (Fsp3) is 0.288. The van der Waals surface area contributed by atoms with Gasteiger partial charge in [0.1, 0.15) is 84.1 Å². The molecule has 14 rings (SSSR count). The number of anilines is 2. The molecule has 0 atom stereocenters. The maximum Gasteiger partial charge on any atom is 0.271 e. The van der Waals surface area contributed by atoms with Crippen LogP contribution in [0.2, 0.25) is 0 Å². The van der Waals surface area contributed by atoms with Crippen molar-refractivity contribution in [2.75, 3.05) is 130 Å². The Morgan fingerprint density at radius 3 is 1.31 bits per heavy atom. The van der Waals surface area contributed by atoms with Crippen LogP contribution in [0.1, 0.15) is 40.5 Å². The van der Waals surface area contributed by atoms with Crippen LogP contribution in [-0.2, 0) is 9.47 Å². The molecular weight excluding hydrogens is 1350 g/mol. The normalized spacial score (nSPS) is 14.2. The average molecular weight is 1420 g/mol. The van der Waals surface area contributed by atoms with E-state index in [-0.39, 0.29) is 77.1 Å². The van der Waals surface area contributed by atoms with E-state index in [1.54, 1.807) is 19.1 Å². The van der Waals surface area contributed by atoms with Crippen LogP contribution in [0.15, 0.2) is 144 Å². The summed E-state index contributed by atoms with van der Waals surface area (Å²) in [4.78, 5) is 75.5. The first-order valence-electron chi connectivity index (χ1n) is 33.1. The van der Waals surface area contributed by atoms with Crippen LogP contribution >= 0.6 is 0 Å². The Bertz CT molecular complexity index is 4870. The summed E-state index contributed by atoms with van der Waals surface area (Å²) in [6.45, 7) is 12.2. The Kier molecular flexibility index (Phi) is 22.0. The third-order valence-corrected chi connectivity index (χ3v) is 16.7. The van der Waals surface area contributed by atoms with Gasteiger partial charge in [0, 0.05) is 98.7 Å². The number of ether oxygens (including phenoxy) is 12. The third-order valence-electron chi connectivity index (χ3n) is 16.7. The first-order chi connectivity index (χ1) is 50.3. The number of hydrogen-bond donors (Lipinski definition) is 2. The standard InChI is InChI=1S/C37H35F2N5O8.C36H33F2N5O8/c1-2-48-29-10-12-44(25-7-4-23(38)5-8-25)37(46)32(29)35(45)42-24-6-9-28(26(39)20-24)52-36-31-27(40-22-41-36)21-30(33-34(31)51-19-18-50-33)49-15-3-11-43-13-16-47-17-14-43;1-46-28-9-11-43(24-6-3-22(37)4-7-24)36(45)31(28)34(44)41-23-5-8-27(25(38)19-23)51-35-30-26(39-21-40-35)20-29(32-33(30)50-18-17-49-32)48-14-2-10-42-12-15-47-16-13-42/h4-10,12,20-22H,2-3,11,13-19H2,1H3,(H,42,45);3-9,11,19-21H,2,10,12-18H2,1H3,(H,41,44). The number of hydrogen-bond acceptors (Lipinski definition) is 22. The van der Waals surface area contributed by atoms with Crippen molar-refractivity contribution in [1.29, 1.82) is 0 Å². The second-order valence-corrected chi connectivity index (χ2v) is 23.4. The molecule has 534 valence electrons. The summed E-state index contributed by atoms with van der Waals surface area (Å²) in [5.41, 5.74) is -0.404. The first kappa shape index (κ1) is 69.9. The molecule has 4 aliphatic rings. The molecule has 0 saturated carbocycles. The SMILES string of the molecule is CCOc1ccn(-c2ccc(F)cc2)c(=O)c1C(=O)Nc1ccc(Oc2ncnc3cc(OCCCN4CCOCC4)c4c(c23)OCCO4)c(F)c1.COc1ccn(-c2ccc(F)cc2)c(=O)c1C(=O)Nc1ccc(Oc2ncnc3cc(OCCCN4CCOCC4)c4c(c23)OCCO4)c(F)c1. The lowest BCUT2D eigenvalue weighted by atomic mass is 10.1. The molecule has 2 saturated heterocycles. The predicted octanol–water partition coefficient (Wildman–Crippen LogP) is 10.4. The summed E-state index contributed by atoms with van der Waals surface area (Å²) >= 11 is 0. The summed E-state index contributed by atoms with van der Waals surface area (Å²) in [5, 5.41) is 5.85. The lowest BCUT2D eigenvalue weighted by molar-refractivity contribution is 0.0356. The van der Waals surface area contributed by atoms with Gasteiger partial charge in [-0.05, 0) is 105 Å². The molecule has 0 spiro atoms. The van der Waals surface area contributed by atoms with Crippen LogP contribution < -0.4 is 69.1 Å². The number of benzene rings is 6. The topological polar surface area (TPSA) is 271 Å². The Morgan fingerprint density at radius 2 is 0.893 bits per heavy atom. The third kappa shape index (κ3) is 16.1. The van der Waals surface area contributed by atoms with E-state index in [0.29, 0.717) is 94.1 Å². The van der Waals surface area contributed by atoms with Crippen LogP contribution in [0.25, 0.3) is 33.2 Å². The fourth-order valence-electron chi connectivity index (χ4n) is 11.8. The largest absolute Gasteiger partial charge is 0.496 e. The molecule has 0 radical (unpaired) electrons. The van der Waals surface area contributed by atoms with Gasteiger partial charge in [0.05, 0.1) is 64.4 Å². The Hall–Kier alpha value is -11.6. The Morgan fingerprint density at radius 1 is 0.476 bits per heavy atom. The highest BCUT2D eigenvalue weighted by Crippen LogP contribution is 2.50. The number of fused-ring (bicyclic) bond motifs is 6. The van der Waals surface area contributed by atoms with Gasteiger partial charge in [-0.25, -0.2) is 37.5 Å². The van der Waals surface area contributed by atoms with Gasteiger partial charge >= 0.3 is 0 Å². The van der Waals surface area contributed by atoms with Crippen molar-refractivity contribution in [2.24, 2.45) is 0 Å². The van der Waals surface area contributed by atoms with Crippen molar-refractivity contribution in [3.8, 4) is 80.6 Å². The average Bonchev–Trinajstić information content (AvgIpc) is 0.767. The van der Waals surface area contributed by atoms with Crippen LogP contribution in [0, 0.1) is 23.3 Å². The van der Waals surface area contributed by atoms with E-state index in [1.807, 2.05) is 0 Å². The molecule has 4 aromatic heterocycles. The quantitative estimate of drug-likeness (QED) is 0.0445. The molecule has 0 aliphatic carbocycles. The van der Waals surface area contributed by atoms with Crippen LogP contribution in [-0.4, -0.2) is 170 Å². The number of nitrogens with one attached hydrogen (secondary N) is 2. The number of rotatable bonds is 23. The molecular formula is C73H68F4N10O16. The Labute approximate surface area is 585 Å². The summed E-state index contributed by atoms with van der Waals surface area (Å²) in [6.07, 6.45) is 7.01. The summed E-state index contributed by atoms with van der Waals surface area (Å²) < 4.78 is 130. The van der Waals surface area contributed by atoms with Gasteiger partial charge in [-0.2, -0.15) is 0 Å². The molecule has 103 heavy (non-hydrogen) atoms. The molecule has 0 bridgehead atoms. The van der Waals surface area contributed by atoms with E-state index in [4.69, 9.17) is 56.8 Å². The second kappa shape index (κ2) is 32.4. The number of carbonyl (C=O) groups is 2. The fourth-order valence-corrected chi connectivity index (χ4v) is 11.8. The van der Waals surface area contributed by atoms with Gasteiger partial charge < -0.3 is 67.5 Å². The number of carbonyl (C=O) groups excluding carboxylic acids is 2. The number of morpholine rings is 2. The minimum atomic E-state index is -0.842. The zero-order valence-corrected chi connectivity index (χ0v) is 55.8. The van der Waals surface area contributed by atoms with Crippen molar-refractivity contribution in [3.63, 3.8) is 0 Å². The van der Waals surface area contributed by atoms with Gasteiger partial charge in [-0.15, -0.1) is 0 Å². The van der Waals surface area contributed by atoms with E-state index in [9.17, 15) is 28.0 Å². The van der Waals surface area contributed by atoms with Crippen molar-refractivity contribution < 1.29 is 84.0 Å². The lowest BCUT2D eigenvalue weighted by Crippen LogP contribution is -2.37. The highest BCUT2D eigenvalue weighted by atomic mass is 19.1. The number of nitrogens with zero attached hydrogens (tertiary/aromatic N) is 8. The van der Waals surface area contributed by atoms with E-state index in [1.165, 1.54) is 126 Å². The number of aromatic nitrogens is 6. The number of methoxy groups -OCH3 is 1. The molecule has 4 aliphatic heterocycles. The first-order valence-corrected chi connectivity index (χ1v) is 33.1. The smallest absolute Gasteiger partial charge is 0.271 e. The maximum absolute atomic E-state index is 15.6. The van der Waals surface area contributed by atoms with E-state index in [2.05, 4.69) is 40.4 Å². The molecule has 2 N–H and O–H groups in total. The number of amides is 2. The van der Waals surface area contributed by atoms with E-state index >= 15 is 8.78 Å². The second-order valence-electron chi connectivity index (χ2n) is 23.4. The van der Waals surface area contributed by atoms with Gasteiger partial charge in [-0.1, -0.05) is 0 Å². The molecule has 2 fully saturated rings. The van der Waals surface area contributed by atoms with Crippen LogP contribution in [0.5, 0.6) is 69.3 Å². The van der Waals surface area contributed by atoms with Gasteiger partial charge in [0.25, 0.3) is 22.9 Å². The molecule has 26 nitrogen and oxygen atoms in total. The van der Waals surface area contributed by atoms with Crippen molar-refractivity contribution in [3.05, 3.63) is 189 Å². The summed E-state index contributed by atoms with van der Waals surface area (Å²) in [5.74, 6) is -2.23. The molecule has 8 heterocycles. The van der Waals surface area contributed by atoms with Crippen LogP contribution in [0.4, 0.5) is 28.9 Å². The summed E-state index contributed by atoms with van der Waals surface area (Å²) in [7, 11) is 1.31. The lowest BCUT2D eigenvalue weighted by Gasteiger charge is -2.26. The predicted molar refractivity (Wildman–Crippen MR) is 366 cm³/mol. The van der Waals surface area contributed by atoms with Crippen molar-refractivity contribution in [2.45, 2.75) is 19.8 Å².